The number of pyridine rings is 3. The Labute approximate surface area is 814 Å². The lowest BCUT2D eigenvalue weighted by molar-refractivity contribution is 0.0314. The molecule has 142 heavy (non-hydrogen) atoms. The van der Waals surface area contributed by atoms with Crippen LogP contribution < -0.4 is 31.9 Å². The Morgan fingerprint density at radius 3 is 1.25 bits per heavy atom. The van der Waals surface area contributed by atoms with E-state index < -0.39 is 12.2 Å². The van der Waals surface area contributed by atoms with Crippen LogP contribution in [-0.4, -0.2) is 285 Å². The number of carbonyl (C=O) groups excluding carboxylic acids is 5. The number of anilines is 4. The Balaban J connectivity index is 0.000000125. The maximum absolute atomic E-state index is 13.3. The van der Waals surface area contributed by atoms with Gasteiger partial charge < -0.3 is 68.1 Å². The number of nitrogens with zero attached hydrogens (tertiary/aromatic N) is 21. The van der Waals surface area contributed by atoms with Crippen molar-refractivity contribution in [1.82, 2.24) is 134 Å². The zero-order chi connectivity index (χ0) is 97.5. The standard InChI is InChI=1S/C29H29N9O3.C24H26N8O2.C24H25N7O3.C23H25N7O3/c1-2-41-29(40)35-28-33-23-16-21(15-22(25(23)34-28)26-30-9-6-10-31-26)38-18-24(32-19-38)27(39)37-13-11-36(12-14-37)17-20-7-4-3-5-8-20;1-2-25-24(33)31-23-29-20-13-17(12-19(21(20)30-23)22-26-6-3-7-27-22)16-4-5-18(28-14-16)15-32-8-10-34-11-9-32;1-2-34-24(32)30-23-28-20-13-17(12-19(21(20)29-23)22-25-6-3-7-26-22)16-4-5-18(27-14-16)15-31-8-10-33-11-9-31;1-2-25-23(31)29-22-27-19-11-16(15-4-3-5-24-12-15)10-18(20(19)28-22)21-26-13-17(33-21)14-30-6-8-32-9-7-30/h3-10,15-16,18-19H,2,11-14,17H2,1H3,(H2,33,34,35,40);3-7,12-14H,2,8-11,15H2,1H3,(H3,25,29,30,31,33);3-7,12-14H,2,8-11,15H2,1H3,(H2,28,29,30,32);3-5,10-13H,2,6-9,14H2,1H3,(H3,25,27,28,29,31). The number of oxazole rings is 1. The number of amides is 7. The second-order valence-corrected chi connectivity index (χ2v) is 33.2. The van der Waals surface area contributed by atoms with Gasteiger partial charge in [0.05, 0.1) is 105 Å². The van der Waals surface area contributed by atoms with Crippen molar-refractivity contribution >= 4 is 98.1 Å². The summed E-state index contributed by atoms with van der Waals surface area (Å²) in [6.07, 6.45) is 21.3. The Kier molecular flexibility index (Phi) is 31.1. The maximum atomic E-state index is 13.3. The fraction of sp³-hybridized carbons (Fsp3) is 0.280. The van der Waals surface area contributed by atoms with Crippen molar-refractivity contribution in [1.29, 1.82) is 0 Å². The second-order valence-electron chi connectivity index (χ2n) is 33.2. The number of morpholine rings is 3. The number of nitrogens with one attached hydrogen (secondary N) is 10. The number of imidazole rings is 5. The number of hydrogen-bond donors (Lipinski definition) is 10. The third kappa shape index (κ3) is 24.4. The van der Waals surface area contributed by atoms with Gasteiger partial charge in [-0.2, -0.15) is 0 Å². The van der Waals surface area contributed by atoms with Gasteiger partial charge in [0, 0.05) is 205 Å². The van der Waals surface area contributed by atoms with E-state index in [1.54, 1.807) is 105 Å². The number of rotatable bonds is 25. The fourth-order valence-corrected chi connectivity index (χ4v) is 16.5. The maximum Gasteiger partial charge on any atom is 0.413 e. The summed E-state index contributed by atoms with van der Waals surface area (Å²) in [6, 6.07) is 42.8. The molecule has 4 saturated heterocycles. The van der Waals surface area contributed by atoms with E-state index in [0.717, 1.165) is 201 Å². The predicted octanol–water partition coefficient (Wildman–Crippen LogP) is 13.5. The van der Waals surface area contributed by atoms with Crippen LogP contribution in [0.1, 0.15) is 60.9 Å². The zero-order valence-electron chi connectivity index (χ0n) is 78.6. The van der Waals surface area contributed by atoms with Gasteiger partial charge in [0.25, 0.3) is 5.91 Å². The number of aromatic nitrogens is 20. The molecule has 0 radical (unpaired) electrons. The number of benzene rings is 5. The molecule has 0 atom stereocenters. The fourth-order valence-electron chi connectivity index (χ4n) is 16.5. The highest BCUT2D eigenvalue weighted by Crippen LogP contribution is 2.38. The van der Waals surface area contributed by atoms with Crippen LogP contribution in [0.25, 0.3) is 129 Å². The number of hydrogen-bond acceptors (Lipinski definition) is 30. The van der Waals surface area contributed by atoms with Crippen LogP contribution in [0.3, 0.4) is 0 Å². The number of urea groups is 2. The summed E-state index contributed by atoms with van der Waals surface area (Å²) >= 11 is 0. The van der Waals surface area contributed by atoms with Gasteiger partial charge in [0.15, 0.2) is 17.5 Å². The van der Waals surface area contributed by atoms with Crippen molar-refractivity contribution in [2.75, 3.05) is 153 Å². The molecule has 4 fully saturated rings. The molecule has 10 N–H and O–H groups in total. The molecule has 0 unspecified atom stereocenters. The minimum atomic E-state index is -0.608. The van der Waals surface area contributed by atoms with Gasteiger partial charge in [0.2, 0.25) is 29.7 Å². The van der Waals surface area contributed by atoms with Crippen molar-refractivity contribution in [3.8, 4) is 84.7 Å². The minimum Gasteiger partial charge on any atom is -0.450 e. The number of aromatic amines is 4. The van der Waals surface area contributed by atoms with Crippen LogP contribution in [-0.2, 0) is 49.9 Å². The third-order valence-corrected chi connectivity index (χ3v) is 23.4. The van der Waals surface area contributed by atoms with Crippen LogP contribution in [0, 0.1) is 0 Å². The molecule has 12 aromatic heterocycles. The van der Waals surface area contributed by atoms with E-state index in [1.807, 2.05) is 116 Å². The molecule has 0 aliphatic carbocycles. The number of piperazine rings is 1. The molecular weight excluding hydrogens is 1810 g/mol. The summed E-state index contributed by atoms with van der Waals surface area (Å²) < 4.78 is 34.1. The average Bonchev–Trinajstić information content (AvgIpc) is 1.62. The largest absolute Gasteiger partial charge is 0.450 e. The number of ether oxygens (including phenoxy) is 5. The molecule has 42 heteroatoms. The van der Waals surface area contributed by atoms with Crippen molar-refractivity contribution in [2.24, 2.45) is 0 Å². The molecule has 4 aliphatic heterocycles. The van der Waals surface area contributed by atoms with E-state index >= 15 is 0 Å². The van der Waals surface area contributed by atoms with Crippen LogP contribution in [0.2, 0.25) is 0 Å². The highest BCUT2D eigenvalue weighted by molar-refractivity contribution is 6.01. The van der Waals surface area contributed by atoms with E-state index in [1.165, 1.54) is 5.56 Å². The number of fused-ring (bicyclic) bond motifs is 4. The van der Waals surface area contributed by atoms with Gasteiger partial charge in [-0.25, -0.2) is 79.0 Å². The van der Waals surface area contributed by atoms with E-state index in [2.05, 4.69) is 172 Å². The predicted molar refractivity (Wildman–Crippen MR) is 532 cm³/mol. The molecular formula is C100H105N31O11. The Hall–Kier alpha value is -16.6. The van der Waals surface area contributed by atoms with Crippen LogP contribution in [0.5, 0.6) is 0 Å². The molecule has 7 amide bonds. The van der Waals surface area contributed by atoms with Gasteiger partial charge >= 0.3 is 24.2 Å². The second kappa shape index (κ2) is 46.2. The third-order valence-electron chi connectivity index (χ3n) is 23.4. The summed E-state index contributed by atoms with van der Waals surface area (Å²) in [5, 5.41) is 16.1. The van der Waals surface area contributed by atoms with Gasteiger partial charge in [-0.15, -0.1) is 0 Å². The van der Waals surface area contributed by atoms with Gasteiger partial charge in [-0.1, -0.05) is 48.5 Å². The van der Waals surface area contributed by atoms with Crippen LogP contribution >= 0.6 is 0 Å². The monoisotopic (exact) mass is 1920 g/mol. The summed E-state index contributed by atoms with van der Waals surface area (Å²) in [4.78, 5) is 152. The SMILES string of the molecule is CCNC(=O)Nc1nc2c(-c3ncc(CN4CCOCC4)o3)cc(-c3cccnc3)cc2[nH]1.CCNC(=O)Nc1nc2c(-c3ncccn3)cc(-c3ccc(CN4CCOCC4)nc3)cc2[nH]1.CCOC(=O)Nc1nc2c(-c3ncccn3)cc(-c3ccc(CN4CCOCC4)nc3)cc2[nH]1.CCOC(=O)Nc1nc2c(-c3ncccn3)cc(-n3cnc(C(=O)N4CCN(Cc5ccccc5)CC4)c3)cc2[nH]1. The van der Waals surface area contributed by atoms with Gasteiger partial charge in [-0.3, -0.25) is 60.6 Å². The van der Waals surface area contributed by atoms with Crippen molar-refractivity contribution in [3.05, 3.63) is 243 Å². The summed E-state index contributed by atoms with van der Waals surface area (Å²) in [7, 11) is 0. The first-order valence-electron chi connectivity index (χ1n) is 46.9. The van der Waals surface area contributed by atoms with Crippen LogP contribution in [0.4, 0.5) is 43.0 Å². The zero-order valence-corrected chi connectivity index (χ0v) is 78.6. The molecule has 5 aromatic carbocycles. The van der Waals surface area contributed by atoms with E-state index in [4.69, 9.17) is 33.1 Å². The molecule has 16 heterocycles. The van der Waals surface area contributed by atoms with Crippen molar-refractivity contribution < 1.29 is 52.1 Å². The summed E-state index contributed by atoms with van der Waals surface area (Å²) in [5.41, 5.74) is 18.5. The molecule has 0 spiro atoms. The first-order valence-corrected chi connectivity index (χ1v) is 46.9. The topological polar surface area (TPSA) is 494 Å². The Morgan fingerprint density at radius 1 is 0.380 bits per heavy atom. The molecule has 0 bridgehead atoms. The Morgan fingerprint density at radius 2 is 0.810 bits per heavy atom. The highest BCUT2D eigenvalue weighted by Gasteiger charge is 2.28. The van der Waals surface area contributed by atoms with Crippen LogP contribution in [0.15, 0.2) is 219 Å². The normalized spacial score (nSPS) is 14.2. The first-order chi connectivity index (χ1) is 69.6. The van der Waals surface area contributed by atoms with Crippen molar-refractivity contribution in [3.63, 3.8) is 0 Å². The number of H-pyrrole nitrogens is 4. The number of carbonyl (C=O) groups is 5. The van der Waals surface area contributed by atoms with Crippen molar-refractivity contribution in [2.45, 2.75) is 53.9 Å². The summed E-state index contributed by atoms with van der Waals surface area (Å²) in [6.45, 7) is 24.7. The molecule has 17 aromatic rings. The molecule has 0 saturated carbocycles. The van der Waals surface area contributed by atoms with Gasteiger partial charge in [0.1, 0.15) is 39.8 Å². The molecule has 4 aliphatic rings. The molecule has 21 rings (SSSR count). The van der Waals surface area contributed by atoms with E-state index in [0.29, 0.717) is 113 Å². The smallest absolute Gasteiger partial charge is 0.413 e. The first kappa shape index (κ1) is 95.7. The molecule has 42 nitrogen and oxygen atoms in total. The van der Waals surface area contributed by atoms with Gasteiger partial charge in [-0.05, 0) is 135 Å². The quantitative estimate of drug-likeness (QED) is 0.0254. The average molecular weight is 1920 g/mol. The Bertz CT molecular complexity index is 6930. The lowest BCUT2D eigenvalue weighted by atomic mass is 10.0. The highest BCUT2D eigenvalue weighted by atomic mass is 16.6. The van der Waals surface area contributed by atoms with E-state index in [9.17, 15) is 24.0 Å². The van der Waals surface area contributed by atoms with E-state index in [-0.39, 0.29) is 37.1 Å². The lowest BCUT2D eigenvalue weighted by Gasteiger charge is -2.34. The minimum absolute atomic E-state index is 0.0988. The lowest BCUT2D eigenvalue weighted by Crippen LogP contribution is -2.48. The molecule has 726 valence electrons. The summed E-state index contributed by atoms with van der Waals surface area (Å²) in [5.74, 6) is 3.96.